The molecule has 1 unspecified atom stereocenters. The van der Waals surface area contributed by atoms with Gasteiger partial charge in [-0.25, -0.2) is 0 Å². The first-order valence-corrected chi connectivity index (χ1v) is 21.3. The summed E-state index contributed by atoms with van der Waals surface area (Å²) in [5.74, 6) is -0.796. The van der Waals surface area contributed by atoms with Gasteiger partial charge in [0.15, 0.2) is 14.6 Å². The molecule has 8 heteroatoms. The Hall–Kier alpha value is -1.84. The molecule has 0 spiro atoms. The van der Waals surface area contributed by atoms with E-state index in [9.17, 15) is 9.59 Å². The molecule has 6 nitrogen and oxygen atoms in total. The van der Waals surface area contributed by atoms with Crippen molar-refractivity contribution in [3.8, 4) is 0 Å². The van der Waals surface area contributed by atoms with Crippen LogP contribution in [0.15, 0.2) is 40.3 Å². The molecule has 2 aliphatic heterocycles. The van der Waals surface area contributed by atoms with Gasteiger partial charge in [0.2, 0.25) is 0 Å². The van der Waals surface area contributed by atoms with E-state index in [1.807, 2.05) is 27.7 Å². The summed E-state index contributed by atoms with van der Waals surface area (Å²) in [5.41, 5.74) is 3.40. The maximum atomic E-state index is 14.7. The molecule has 0 aliphatic carbocycles. The molecule has 5 atom stereocenters. The van der Waals surface area contributed by atoms with Gasteiger partial charge in [0.05, 0.1) is 18.6 Å². The SMILES string of the molecule is C/C1=C/C[C@H](/C(C)=C/c2csc(C)c2)OC(=O)C[C@H](O[Si](C)(C)C(C)(C)C)C(C)(C)C(=O)[C@H](C)[C@@H](OC2CCCCO2)/C(C)=C/CC1. The molecule has 3 heterocycles. The molecule has 0 bridgehead atoms. The molecule has 0 aromatic carbocycles. The number of esters is 1. The van der Waals surface area contributed by atoms with Crippen LogP contribution in [-0.4, -0.2) is 51.3 Å². The van der Waals surface area contributed by atoms with Crippen LogP contribution in [0.25, 0.3) is 6.08 Å². The van der Waals surface area contributed by atoms with Crippen molar-refractivity contribution < 1.29 is 28.2 Å². The molecule has 0 amide bonds. The number of rotatable bonds is 6. The van der Waals surface area contributed by atoms with Crippen molar-refractivity contribution in [3.63, 3.8) is 0 Å². The van der Waals surface area contributed by atoms with Crippen LogP contribution in [0, 0.1) is 18.3 Å². The molecule has 47 heavy (non-hydrogen) atoms. The molecular weight excluding hydrogens is 625 g/mol. The fraction of sp³-hybridized carbons (Fsp3) is 0.692. The summed E-state index contributed by atoms with van der Waals surface area (Å²) in [4.78, 5) is 29.8. The van der Waals surface area contributed by atoms with Gasteiger partial charge in [-0.3, -0.25) is 9.59 Å². The summed E-state index contributed by atoms with van der Waals surface area (Å²) in [7, 11) is -2.39. The van der Waals surface area contributed by atoms with Crippen molar-refractivity contribution in [2.24, 2.45) is 11.3 Å². The van der Waals surface area contributed by atoms with Gasteiger partial charge < -0.3 is 18.6 Å². The second-order valence-electron chi connectivity index (χ2n) is 15.9. The minimum Gasteiger partial charge on any atom is -0.457 e. The number of cyclic esters (lactones) is 1. The normalized spacial score (nSPS) is 30.2. The Bertz CT molecular complexity index is 1310. The smallest absolute Gasteiger partial charge is 0.309 e. The first kappa shape index (κ1) is 39.6. The molecule has 1 fully saturated rings. The number of aryl methyl sites for hydroxylation is 1. The van der Waals surface area contributed by atoms with Gasteiger partial charge in [-0.2, -0.15) is 0 Å². The molecule has 0 saturated carbocycles. The second kappa shape index (κ2) is 16.7. The van der Waals surface area contributed by atoms with Crippen LogP contribution in [-0.2, 0) is 28.2 Å². The average molecular weight is 687 g/mol. The molecule has 264 valence electrons. The lowest BCUT2D eigenvalue weighted by Gasteiger charge is -2.44. The van der Waals surface area contributed by atoms with Gasteiger partial charge in [0.25, 0.3) is 0 Å². The van der Waals surface area contributed by atoms with Gasteiger partial charge in [-0.1, -0.05) is 65.3 Å². The standard InChI is InChI=1S/C39H62O6SSi/c1-26-16-15-17-27(2)36(44-35-18-13-14-21-42-35)30(5)37(41)39(9,10)33(45-47(11,12)38(6,7)8)24-34(40)43-32(20-19-26)28(3)22-31-23-29(4)46-25-31/h17,19,22-23,25,30,32-33,35-36H,13-16,18,20-21,24H2,1-12H3/b26-19-,27-17+,28-22+/t30-,32-,33+,35?,36+/m1/s1. The van der Waals surface area contributed by atoms with Crippen molar-refractivity contribution in [1.29, 1.82) is 0 Å². The van der Waals surface area contributed by atoms with Crippen LogP contribution in [0.2, 0.25) is 18.1 Å². The molecule has 1 aromatic heterocycles. The number of thiophene rings is 1. The number of ether oxygens (including phenoxy) is 3. The minimum atomic E-state index is -2.39. The highest BCUT2D eigenvalue weighted by atomic mass is 32.1. The van der Waals surface area contributed by atoms with E-state index in [0.29, 0.717) is 13.0 Å². The van der Waals surface area contributed by atoms with Crippen LogP contribution < -0.4 is 0 Å². The van der Waals surface area contributed by atoms with Gasteiger partial charge in [-0.15, -0.1) is 11.3 Å². The Morgan fingerprint density at radius 3 is 2.40 bits per heavy atom. The summed E-state index contributed by atoms with van der Waals surface area (Å²) < 4.78 is 25.8. The zero-order valence-electron chi connectivity index (χ0n) is 31.3. The lowest BCUT2D eigenvalue weighted by Crippen LogP contribution is -2.53. The van der Waals surface area contributed by atoms with E-state index in [-0.39, 0.29) is 29.5 Å². The summed E-state index contributed by atoms with van der Waals surface area (Å²) in [6, 6.07) is 2.15. The second-order valence-corrected chi connectivity index (χ2v) is 21.8. The topological polar surface area (TPSA) is 71.1 Å². The first-order chi connectivity index (χ1) is 21.8. The predicted octanol–water partition coefficient (Wildman–Crippen LogP) is 10.4. The van der Waals surface area contributed by atoms with Crippen molar-refractivity contribution in [1.82, 2.24) is 0 Å². The Kier molecular flexibility index (Phi) is 14.1. The van der Waals surface area contributed by atoms with Crippen LogP contribution in [0.1, 0.15) is 118 Å². The fourth-order valence-corrected chi connectivity index (χ4v) is 8.20. The van der Waals surface area contributed by atoms with E-state index < -0.39 is 38.0 Å². The Balaban J connectivity index is 2.06. The third-order valence-corrected chi connectivity index (χ3v) is 15.8. The molecule has 1 saturated heterocycles. The van der Waals surface area contributed by atoms with Crippen LogP contribution in [0.3, 0.4) is 0 Å². The lowest BCUT2D eigenvalue weighted by molar-refractivity contribution is -0.192. The molecule has 1 aromatic rings. The highest BCUT2D eigenvalue weighted by Gasteiger charge is 2.48. The molecule has 2 aliphatic rings. The van der Waals surface area contributed by atoms with E-state index in [0.717, 1.165) is 48.8 Å². The fourth-order valence-electron chi connectivity index (χ4n) is 6.10. The van der Waals surface area contributed by atoms with Crippen molar-refractivity contribution in [2.45, 2.75) is 157 Å². The zero-order chi connectivity index (χ0) is 35.2. The predicted molar refractivity (Wildman–Crippen MR) is 197 cm³/mol. The van der Waals surface area contributed by atoms with Crippen molar-refractivity contribution in [2.75, 3.05) is 6.61 Å². The van der Waals surface area contributed by atoms with Gasteiger partial charge in [0.1, 0.15) is 11.9 Å². The van der Waals surface area contributed by atoms with E-state index in [1.165, 1.54) is 10.5 Å². The van der Waals surface area contributed by atoms with Crippen molar-refractivity contribution in [3.05, 3.63) is 50.8 Å². The highest BCUT2D eigenvalue weighted by Crippen LogP contribution is 2.42. The average Bonchev–Trinajstić information content (AvgIpc) is 3.40. The van der Waals surface area contributed by atoms with Crippen LogP contribution >= 0.6 is 11.3 Å². The maximum absolute atomic E-state index is 14.7. The largest absolute Gasteiger partial charge is 0.457 e. The molecule has 0 N–H and O–H groups in total. The number of carbonyl (C=O) groups is 2. The number of ketones is 1. The molecule has 0 radical (unpaired) electrons. The van der Waals surface area contributed by atoms with Crippen LogP contribution in [0.4, 0.5) is 0 Å². The van der Waals surface area contributed by atoms with Gasteiger partial charge in [0, 0.05) is 29.2 Å². The number of carbonyl (C=O) groups excluding carboxylic acids is 2. The number of hydrogen-bond donors (Lipinski definition) is 0. The monoisotopic (exact) mass is 686 g/mol. The quantitative estimate of drug-likeness (QED) is 0.169. The summed E-state index contributed by atoms with van der Waals surface area (Å²) in [6.45, 7) is 25.7. The first-order valence-electron chi connectivity index (χ1n) is 17.6. The minimum absolute atomic E-state index is 0.00587. The Labute approximate surface area is 290 Å². The third kappa shape index (κ3) is 11.1. The van der Waals surface area contributed by atoms with E-state index >= 15 is 0 Å². The van der Waals surface area contributed by atoms with Crippen molar-refractivity contribution >= 4 is 37.5 Å². The summed E-state index contributed by atoms with van der Waals surface area (Å²) in [5, 5.41) is 2.02. The number of allylic oxidation sites excluding steroid dienone is 2. The van der Waals surface area contributed by atoms with Gasteiger partial charge >= 0.3 is 5.97 Å². The van der Waals surface area contributed by atoms with E-state index in [1.54, 1.807) is 11.3 Å². The third-order valence-electron chi connectivity index (χ3n) is 10.4. The Morgan fingerprint density at radius 2 is 1.81 bits per heavy atom. The van der Waals surface area contributed by atoms with E-state index in [4.69, 9.17) is 18.6 Å². The number of hydrogen-bond acceptors (Lipinski definition) is 7. The zero-order valence-corrected chi connectivity index (χ0v) is 33.1. The van der Waals surface area contributed by atoms with E-state index in [2.05, 4.69) is 84.3 Å². The van der Waals surface area contributed by atoms with Crippen LogP contribution in [0.5, 0.6) is 0 Å². The summed E-state index contributed by atoms with van der Waals surface area (Å²) >= 11 is 1.71. The Morgan fingerprint density at radius 1 is 1.11 bits per heavy atom. The highest BCUT2D eigenvalue weighted by molar-refractivity contribution is 7.10. The maximum Gasteiger partial charge on any atom is 0.309 e. The molecule has 3 rings (SSSR count). The molecular formula is C39H62O6SSi. The lowest BCUT2D eigenvalue weighted by atomic mass is 9.74. The summed E-state index contributed by atoms with van der Waals surface area (Å²) in [6.07, 6.45) is 9.88. The van der Waals surface area contributed by atoms with Gasteiger partial charge in [-0.05, 0) is 106 Å². The number of Topliss-reactive ketones (excluding diaryl/α,β-unsaturated/α-hetero) is 1.